The van der Waals surface area contributed by atoms with Gasteiger partial charge < -0.3 is 24.3 Å². The molecule has 0 radical (unpaired) electrons. The van der Waals surface area contributed by atoms with Crippen molar-refractivity contribution >= 4 is 18.0 Å². The highest BCUT2D eigenvalue weighted by Gasteiger charge is 2.35. The molecule has 0 aromatic rings. The molecule has 174 valence electrons. The number of carbonyl (C=O) groups is 3. The van der Waals surface area contributed by atoms with Crippen molar-refractivity contribution in [2.24, 2.45) is 11.8 Å². The van der Waals surface area contributed by atoms with Crippen LogP contribution in [0.25, 0.3) is 0 Å². The van der Waals surface area contributed by atoms with Crippen LogP contribution in [0.1, 0.15) is 74.1 Å². The van der Waals surface area contributed by atoms with E-state index in [1.807, 2.05) is 6.92 Å². The van der Waals surface area contributed by atoms with Gasteiger partial charge in [-0.15, -0.1) is 0 Å². The van der Waals surface area contributed by atoms with E-state index in [9.17, 15) is 14.4 Å². The maximum atomic E-state index is 12.7. The van der Waals surface area contributed by atoms with Crippen LogP contribution < -0.4 is 5.32 Å². The lowest BCUT2D eigenvalue weighted by molar-refractivity contribution is -0.160. The van der Waals surface area contributed by atoms with Gasteiger partial charge in [-0.1, -0.05) is 33.6 Å². The Hall–Kier alpha value is -1.83. The van der Waals surface area contributed by atoms with Crippen LogP contribution in [0, 0.1) is 11.8 Å². The Morgan fingerprint density at radius 1 is 1.27 bits per heavy atom. The topological polar surface area (TPSA) is 100 Å². The maximum absolute atomic E-state index is 12.7. The summed E-state index contributed by atoms with van der Waals surface area (Å²) in [5.41, 5.74) is -0.674. The molecule has 1 fully saturated rings. The summed E-state index contributed by atoms with van der Waals surface area (Å²) in [4.78, 5) is 36.7. The first-order chi connectivity index (χ1) is 13.9. The molecule has 0 spiro atoms. The Kier molecular flexibility index (Phi) is 10.6. The second-order valence-electron chi connectivity index (χ2n) is 9.13. The summed E-state index contributed by atoms with van der Waals surface area (Å²) in [6.45, 7) is 13.0. The largest absolute Gasteiger partial charge is 0.463 e. The van der Waals surface area contributed by atoms with Gasteiger partial charge in [0, 0.05) is 18.9 Å². The van der Waals surface area contributed by atoms with Crippen LogP contribution in [-0.2, 0) is 28.5 Å². The summed E-state index contributed by atoms with van der Waals surface area (Å²) < 4.78 is 22.4. The molecule has 0 aliphatic carbocycles. The summed E-state index contributed by atoms with van der Waals surface area (Å²) in [6, 6.07) is -0.869. The zero-order chi connectivity index (χ0) is 22.9. The third-order valence-corrected chi connectivity index (χ3v) is 4.85. The maximum Gasteiger partial charge on any atom is 0.408 e. The highest BCUT2D eigenvalue weighted by molar-refractivity contribution is 5.81. The van der Waals surface area contributed by atoms with E-state index in [1.54, 1.807) is 34.6 Å². The molecule has 1 saturated heterocycles. The minimum absolute atomic E-state index is 0.109. The van der Waals surface area contributed by atoms with Gasteiger partial charge in [-0.05, 0) is 34.1 Å². The monoisotopic (exact) mass is 429 g/mol. The molecular weight excluding hydrogens is 390 g/mol. The van der Waals surface area contributed by atoms with Crippen LogP contribution in [0.5, 0.6) is 0 Å². The lowest BCUT2D eigenvalue weighted by Gasteiger charge is -2.30. The summed E-state index contributed by atoms with van der Waals surface area (Å²) in [7, 11) is 0. The Labute approximate surface area is 180 Å². The van der Waals surface area contributed by atoms with Gasteiger partial charge in [-0.25, -0.2) is 9.59 Å². The van der Waals surface area contributed by atoms with Crippen molar-refractivity contribution in [1.29, 1.82) is 0 Å². The molecule has 1 aliphatic rings. The number of cyclic esters (lactones) is 1. The Bertz CT molecular complexity index is 570. The molecule has 0 aromatic heterocycles. The second kappa shape index (κ2) is 12.1. The van der Waals surface area contributed by atoms with E-state index in [-0.39, 0.29) is 43.5 Å². The van der Waals surface area contributed by atoms with Gasteiger partial charge >= 0.3 is 18.0 Å². The average molecular weight is 430 g/mol. The van der Waals surface area contributed by atoms with Crippen LogP contribution in [0.15, 0.2) is 0 Å². The summed E-state index contributed by atoms with van der Waals surface area (Å²) in [6.07, 6.45) is 1.41. The molecule has 1 N–H and O–H groups in total. The SMILES string of the molecule is CCCC[C@@H]1[C@H](C)OC(=O)[C@@H](NC(=O)OC(C)(C)C)CCO[C@@H]1COC(=O)C(C)C. The zero-order valence-corrected chi connectivity index (χ0v) is 19.5. The summed E-state index contributed by atoms with van der Waals surface area (Å²) >= 11 is 0. The molecule has 0 bridgehead atoms. The van der Waals surface area contributed by atoms with Gasteiger partial charge in [-0.3, -0.25) is 4.79 Å². The Balaban J connectivity index is 2.89. The van der Waals surface area contributed by atoms with Crippen molar-refractivity contribution in [1.82, 2.24) is 5.32 Å². The Morgan fingerprint density at radius 2 is 1.93 bits per heavy atom. The summed E-state index contributed by atoms with van der Waals surface area (Å²) in [5, 5.41) is 2.58. The van der Waals surface area contributed by atoms with E-state index in [4.69, 9.17) is 18.9 Å². The smallest absolute Gasteiger partial charge is 0.408 e. The number of amides is 1. The van der Waals surface area contributed by atoms with Crippen LogP contribution in [0.4, 0.5) is 4.79 Å². The molecule has 30 heavy (non-hydrogen) atoms. The summed E-state index contributed by atoms with van der Waals surface area (Å²) in [5.74, 6) is -1.15. The van der Waals surface area contributed by atoms with E-state index in [0.717, 1.165) is 19.3 Å². The molecule has 4 atom stereocenters. The van der Waals surface area contributed by atoms with Crippen molar-refractivity contribution in [3.8, 4) is 0 Å². The molecule has 0 unspecified atom stereocenters. The predicted octanol–water partition coefficient (Wildman–Crippen LogP) is 3.61. The molecule has 1 heterocycles. The molecule has 0 saturated carbocycles. The molecule has 1 amide bonds. The van der Waals surface area contributed by atoms with Gasteiger partial charge in [0.05, 0.1) is 12.0 Å². The first kappa shape index (κ1) is 26.2. The van der Waals surface area contributed by atoms with Crippen molar-refractivity contribution < 1.29 is 33.3 Å². The minimum Gasteiger partial charge on any atom is -0.463 e. The number of hydrogen-bond donors (Lipinski definition) is 1. The van der Waals surface area contributed by atoms with Crippen LogP contribution >= 0.6 is 0 Å². The minimum atomic E-state index is -0.869. The van der Waals surface area contributed by atoms with Gasteiger partial charge in [-0.2, -0.15) is 0 Å². The van der Waals surface area contributed by atoms with Gasteiger partial charge in [0.25, 0.3) is 0 Å². The van der Waals surface area contributed by atoms with E-state index >= 15 is 0 Å². The number of alkyl carbamates (subject to hydrolysis) is 1. The highest BCUT2D eigenvalue weighted by Crippen LogP contribution is 2.25. The van der Waals surface area contributed by atoms with Crippen molar-refractivity contribution in [2.75, 3.05) is 13.2 Å². The van der Waals surface area contributed by atoms with E-state index < -0.39 is 29.8 Å². The second-order valence-corrected chi connectivity index (χ2v) is 9.13. The zero-order valence-electron chi connectivity index (χ0n) is 19.5. The average Bonchev–Trinajstić information content (AvgIpc) is 2.66. The van der Waals surface area contributed by atoms with Gasteiger partial charge in [0.1, 0.15) is 24.4 Å². The number of rotatable bonds is 7. The van der Waals surface area contributed by atoms with Crippen molar-refractivity contribution in [3.63, 3.8) is 0 Å². The number of unbranched alkanes of at least 4 members (excludes halogenated alkanes) is 1. The quantitative estimate of drug-likeness (QED) is 0.487. The molecule has 8 nitrogen and oxygen atoms in total. The number of hydrogen-bond acceptors (Lipinski definition) is 7. The fraction of sp³-hybridized carbons (Fsp3) is 0.864. The predicted molar refractivity (Wildman–Crippen MR) is 112 cm³/mol. The van der Waals surface area contributed by atoms with Crippen LogP contribution in [-0.4, -0.2) is 55.1 Å². The first-order valence-corrected chi connectivity index (χ1v) is 10.9. The standard InChI is InChI=1S/C22H39NO7/c1-8-9-10-16-15(4)29-20(25)17(23-21(26)30-22(5,6)7)11-12-27-18(16)13-28-19(24)14(2)3/h14-18H,8-13H2,1-7H3,(H,23,26)/t15-,16+,17-,18+/m0/s1. The van der Waals surface area contributed by atoms with E-state index in [1.165, 1.54) is 0 Å². The normalized spacial score (nSPS) is 25.5. The van der Waals surface area contributed by atoms with Crippen molar-refractivity contribution in [3.05, 3.63) is 0 Å². The highest BCUT2D eigenvalue weighted by atomic mass is 16.6. The van der Waals surface area contributed by atoms with Crippen LogP contribution in [0.3, 0.4) is 0 Å². The molecule has 1 rings (SSSR count). The van der Waals surface area contributed by atoms with Gasteiger partial charge in [0.2, 0.25) is 0 Å². The molecular formula is C22H39NO7. The Morgan fingerprint density at radius 3 is 2.50 bits per heavy atom. The lowest BCUT2D eigenvalue weighted by Crippen LogP contribution is -2.45. The number of nitrogens with one attached hydrogen (secondary N) is 1. The number of esters is 2. The van der Waals surface area contributed by atoms with E-state index in [0.29, 0.717) is 0 Å². The van der Waals surface area contributed by atoms with E-state index in [2.05, 4.69) is 12.2 Å². The third kappa shape index (κ3) is 9.32. The molecule has 0 aromatic carbocycles. The number of carbonyl (C=O) groups excluding carboxylic acids is 3. The third-order valence-electron chi connectivity index (χ3n) is 4.85. The van der Waals surface area contributed by atoms with Crippen molar-refractivity contribution in [2.45, 2.75) is 98.0 Å². The first-order valence-electron chi connectivity index (χ1n) is 10.9. The number of ether oxygens (including phenoxy) is 4. The van der Waals surface area contributed by atoms with Gasteiger partial charge in [0.15, 0.2) is 0 Å². The molecule has 1 aliphatic heterocycles. The fourth-order valence-electron chi connectivity index (χ4n) is 3.18. The molecule has 8 heteroatoms. The lowest BCUT2D eigenvalue weighted by atomic mass is 9.91. The fourth-order valence-corrected chi connectivity index (χ4v) is 3.18. The van der Waals surface area contributed by atoms with Crippen LogP contribution in [0.2, 0.25) is 0 Å².